The second-order valence-electron chi connectivity index (χ2n) is 7.27. The molecule has 0 aliphatic carbocycles. The van der Waals surface area contributed by atoms with E-state index in [0.29, 0.717) is 11.3 Å². The molecule has 0 aliphatic rings. The van der Waals surface area contributed by atoms with Gasteiger partial charge in [0.05, 0.1) is 23.5 Å². The second kappa shape index (κ2) is 10.6. The number of phenolic OH excluding ortho intramolecular Hbond substituents is 1. The SMILES string of the molecule is O=C(N/N=C\c1cc(N=Nc2ccccc2)ccc1O)C(c1ccccc1)c1ccccc1. The van der Waals surface area contributed by atoms with E-state index in [2.05, 4.69) is 20.8 Å². The van der Waals surface area contributed by atoms with Crippen LogP contribution in [0.5, 0.6) is 5.75 Å². The molecule has 4 rings (SSSR count). The Morgan fingerprint density at radius 2 is 1.27 bits per heavy atom. The molecule has 0 aliphatic heterocycles. The molecule has 162 valence electrons. The Morgan fingerprint density at radius 1 is 0.727 bits per heavy atom. The topological polar surface area (TPSA) is 86.4 Å². The fourth-order valence-electron chi connectivity index (χ4n) is 3.33. The van der Waals surface area contributed by atoms with Crippen LogP contribution in [0.4, 0.5) is 11.4 Å². The standard InChI is InChI=1S/C27H22N4O2/c32-25-17-16-24(30-29-23-14-8-3-9-15-23)18-22(25)19-28-31-27(33)26(20-10-4-1-5-11-20)21-12-6-2-7-13-21/h1-19,26,32H,(H,31,33)/b28-19-,30-29?. The summed E-state index contributed by atoms with van der Waals surface area (Å²) in [5, 5.41) is 22.6. The number of aromatic hydroxyl groups is 1. The number of benzene rings is 4. The number of azo groups is 1. The van der Waals surface area contributed by atoms with Gasteiger partial charge in [-0.2, -0.15) is 15.3 Å². The molecule has 0 atom stereocenters. The molecule has 0 unspecified atom stereocenters. The Hall–Kier alpha value is -4.58. The number of phenols is 1. The van der Waals surface area contributed by atoms with Crippen LogP contribution in [0.25, 0.3) is 0 Å². The Labute approximate surface area is 192 Å². The van der Waals surface area contributed by atoms with Gasteiger partial charge in [0.15, 0.2) is 0 Å². The summed E-state index contributed by atoms with van der Waals surface area (Å²) in [6.45, 7) is 0. The van der Waals surface area contributed by atoms with Crippen LogP contribution in [0.3, 0.4) is 0 Å². The van der Waals surface area contributed by atoms with Crippen LogP contribution < -0.4 is 5.43 Å². The minimum absolute atomic E-state index is 0.0225. The molecule has 4 aromatic rings. The van der Waals surface area contributed by atoms with Gasteiger partial charge in [-0.15, -0.1) is 0 Å². The Morgan fingerprint density at radius 3 is 1.88 bits per heavy atom. The molecule has 33 heavy (non-hydrogen) atoms. The molecule has 6 nitrogen and oxygen atoms in total. The molecule has 0 bridgehead atoms. The largest absolute Gasteiger partial charge is 0.507 e. The second-order valence-corrected chi connectivity index (χ2v) is 7.27. The van der Waals surface area contributed by atoms with E-state index in [-0.39, 0.29) is 11.7 Å². The highest BCUT2D eigenvalue weighted by atomic mass is 16.3. The lowest BCUT2D eigenvalue weighted by Crippen LogP contribution is -2.26. The van der Waals surface area contributed by atoms with Crippen LogP contribution in [0, 0.1) is 0 Å². The molecule has 0 heterocycles. The van der Waals surface area contributed by atoms with Crippen molar-refractivity contribution in [2.45, 2.75) is 5.92 Å². The zero-order valence-corrected chi connectivity index (χ0v) is 17.7. The summed E-state index contributed by atoms with van der Waals surface area (Å²) >= 11 is 0. The molecule has 0 radical (unpaired) electrons. The van der Waals surface area contributed by atoms with Gasteiger partial charge in [-0.05, 0) is 41.5 Å². The third-order valence-electron chi connectivity index (χ3n) is 4.95. The third-order valence-corrected chi connectivity index (χ3v) is 4.95. The van der Waals surface area contributed by atoms with Crippen molar-refractivity contribution < 1.29 is 9.90 Å². The van der Waals surface area contributed by atoms with E-state index in [1.54, 1.807) is 12.1 Å². The van der Waals surface area contributed by atoms with E-state index >= 15 is 0 Å². The van der Waals surface area contributed by atoms with E-state index in [4.69, 9.17) is 0 Å². The summed E-state index contributed by atoms with van der Waals surface area (Å²) < 4.78 is 0. The van der Waals surface area contributed by atoms with E-state index in [0.717, 1.165) is 16.8 Å². The fourth-order valence-corrected chi connectivity index (χ4v) is 3.33. The summed E-state index contributed by atoms with van der Waals surface area (Å²) in [4.78, 5) is 13.0. The number of nitrogens with zero attached hydrogens (tertiary/aromatic N) is 3. The highest BCUT2D eigenvalue weighted by molar-refractivity contribution is 5.89. The van der Waals surface area contributed by atoms with Gasteiger partial charge in [0.25, 0.3) is 5.91 Å². The molecule has 0 spiro atoms. The van der Waals surface area contributed by atoms with E-state index < -0.39 is 5.92 Å². The van der Waals surface area contributed by atoms with Gasteiger partial charge in [0, 0.05) is 5.56 Å². The average molecular weight is 434 g/mol. The van der Waals surface area contributed by atoms with Crippen molar-refractivity contribution in [2.75, 3.05) is 0 Å². The lowest BCUT2D eigenvalue weighted by atomic mass is 9.91. The summed E-state index contributed by atoms with van der Waals surface area (Å²) in [6.07, 6.45) is 1.39. The first-order valence-electron chi connectivity index (χ1n) is 10.4. The molecule has 4 aromatic carbocycles. The Balaban J connectivity index is 1.50. The highest BCUT2D eigenvalue weighted by Gasteiger charge is 2.22. The molecule has 2 N–H and O–H groups in total. The van der Waals surface area contributed by atoms with Crippen LogP contribution in [0.15, 0.2) is 125 Å². The average Bonchev–Trinajstić information content (AvgIpc) is 2.86. The summed E-state index contributed by atoms with van der Waals surface area (Å²) in [5.74, 6) is -0.762. The van der Waals surface area contributed by atoms with Gasteiger partial charge in [-0.3, -0.25) is 4.79 Å². The van der Waals surface area contributed by atoms with Crippen LogP contribution in [0.1, 0.15) is 22.6 Å². The fraction of sp³-hybridized carbons (Fsp3) is 0.0370. The van der Waals surface area contributed by atoms with Crippen LogP contribution in [0.2, 0.25) is 0 Å². The zero-order valence-electron chi connectivity index (χ0n) is 17.7. The van der Waals surface area contributed by atoms with Crippen molar-refractivity contribution >= 4 is 23.5 Å². The lowest BCUT2D eigenvalue weighted by molar-refractivity contribution is -0.121. The van der Waals surface area contributed by atoms with Gasteiger partial charge < -0.3 is 5.11 Å². The van der Waals surface area contributed by atoms with Crippen LogP contribution >= 0.6 is 0 Å². The predicted octanol–water partition coefficient (Wildman–Crippen LogP) is 6.09. The summed E-state index contributed by atoms with van der Waals surface area (Å²) in [7, 11) is 0. The highest BCUT2D eigenvalue weighted by Crippen LogP contribution is 2.26. The number of hydrazone groups is 1. The number of hydrogen-bond acceptors (Lipinski definition) is 5. The first-order valence-corrected chi connectivity index (χ1v) is 10.4. The van der Waals surface area contributed by atoms with Crippen molar-refractivity contribution in [1.82, 2.24) is 5.43 Å². The minimum Gasteiger partial charge on any atom is -0.507 e. The van der Waals surface area contributed by atoms with Crippen molar-refractivity contribution in [3.05, 3.63) is 126 Å². The van der Waals surface area contributed by atoms with Crippen LogP contribution in [-0.4, -0.2) is 17.2 Å². The zero-order chi connectivity index (χ0) is 22.9. The number of carbonyl (C=O) groups is 1. The molecule has 0 saturated carbocycles. The smallest absolute Gasteiger partial charge is 0.252 e. The Bertz CT molecular complexity index is 1220. The monoisotopic (exact) mass is 434 g/mol. The van der Waals surface area contributed by atoms with Gasteiger partial charge in [0.1, 0.15) is 5.75 Å². The number of rotatable bonds is 7. The molecule has 0 aromatic heterocycles. The van der Waals surface area contributed by atoms with E-state index in [1.165, 1.54) is 12.3 Å². The molecule has 0 saturated heterocycles. The van der Waals surface area contributed by atoms with Gasteiger partial charge in [0.2, 0.25) is 0 Å². The van der Waals surface area contributed by atoms with E-state index in [1.807, 2.05) is 91.0 Å². The number of nitrogens with one attached hydrogen (secondary N) is 1. The predicted molar refractivity (Wildman–Crippen MR) is 129 cm³/mol. The molecule has 6 heteroatoms. The van der Waals surface area contributed by atoms with Crippen molar-refractivity contribution in [3.8, 4) is 5.75 Å². The maximum absolute atomic E-state index is 13.0. The Kier molecular flexibility index (Phi) is 6.98. The normalized spacial score (nSPS) is 11.3. The quantitative estimate of drug-likeness (QED) is 0.209. The van der Waals surface area contributed by atoms with Crippen molar-refractivity contribution in [1.29, 1.82) is 0 Å². The molecular weight excluding hydrogens is 412 g/mol. The number of hydrogen-bond donors (Lipinski definition) is 2. The lowest BCUT2D eigenvalue weighted by Gasteiger charge is -2.16. The van der Waals surface area contributed by atoms with E-state index in [9.17, 15) is 9.90 Å². The maximum atomic E-state index is 13.0. The first-order chi connectivity index (χ1) is 16.2. The number of carbonyl (C=O) groups excluding carboxylic acids is 1. The van der Waals surface area contributed by atoms with Gasteiger partial charge >= 0.3 is 0 Å². The van der Waals surface area contributed by atoms with Gasteiger partial charge in [-0.1, -0.05) is 78.9 Å². The maximum Gasteiger partial charge on any atom is 0.252 e. The first kappa shape index (κ1) is 21.6. The summed E-state index contributed by atoms with van der Waals surface area (Å²) in [5.41, 5.74) is 6.01. The summed E-state index contributed by atoms with van der Waals surface area (Å²) in [6, 6.07) is 33.2. The number of amides is 1. The molecule has 0 fully saturated rings. The van der Waals surface area contributed by atoms with Gasteiger partial charge in [-0.25, -0.2) is 5.43 Å². The van der Waals surface area contributed by atoms with Crippen LogP contribution in [-0.2, 0) is 4.79 Å². The third kappa shape index (κ3) is 5.77. The molecule has 1 amide bonds. The van der Waals surface area contributed by atoms with Crippen molar-refractivity contribution in [2.24, 2.45) is 15.3 Å². The van der Waals surface area contributed by atoms with Crippen molar-refractivity contribution in [3.63, 3.8) is 0 Å². The molecular formula is C27H22N4O2. The minimum atomic E-state index is -0.510.